The zero-order valence-electron chi connectivity index (χ0n) is 9.97. The number of thioether (sulfide) groups is 1. The van der Waals surface area contributed by atoms with Crippen LogP contribution in [0.3, 0.4) is 0 Å². The predicted molar refractivity (Wildman–Crippen MR) is 73.3 cm³/mol. The smallest absolute Gasteiger partial charge is 0.161 e. The molecule has 0 bridgehead atoms. The van der Waals surface area contributed by atoms with Crippen LogP contribution < -0.4 is 5.32 Å². The Bertz CT molecular complexity index is 457. The van der Waals surface area contributed by atoms with Crippen LogP contribution in [-0.4, -0.2) is 17.0 Å². The number of nitrogens with one attached hydrogen (secondary N) is 1. The topological polar surface area (TPSA) is 48.2 Å². The van der Waals surface area contributed by atoms with Crippen LogP contribution in [0.4, 0.5) is 5.69 Å². The van der Waals surface area contributed by atoms with Gasteiger partial charge in [-0.3, -0.25) is 4.99 Å². The SMILES string of the molecule is CC(C)C1CSC(Nc2ccc(C#N)cc2)=N1. The zero-order chi connectivity index (χ0) is 12.3. The van der Waals surface area contributed by atoms with Gasteiger partial charge in [0.05, 0.1) is 17.7 Å². The summed E-state index contributed by atoms with van der Waals surface area (Å²) in [6, 6.07) is 9.95. The molecule has 0 spiro atoms. The molecule has 4 heteroatoms. The second-order valence-corrected chi connectivity index (χ2v) is 5.38. The van der Waals surface area contributed by atoms with Crippen molar-refractivity contribution in [3.05, 3.63) is 29.8 Å². The van der Waals surface area contributed by atoms with E-state index in [0.29, 0.717) is 17.5 Å². The zero-order valence-corrected chi connectivity index (χ0v) is 10.8. The summed E-state index contributed by atoms with van der Waals surface area (Å²) in [7, 11) is 0. The third kappa shape index (κ3) is 3.01. The number of hydrogen-bond acceptors (Lipinski definition) is 4. The summed E-state index contributed by atoms with van der Waals surface area (Å²) in [5.41, 5.74) is 1.66. The molecular weight excluding hydrogens is 230 g/mol. The molecule has 1 heterocycles. The molecule has 0 aliphatic carbocycles. The Hall–Kier alpha value is -1.47. The second kappa shape index (κ2) is 5.24. The lowest BCUT2D eigenvalue weighted by Gasteiger charge is -2.08. The van der Waals surface area contributed by atoms with Crippen molar-refractivity contribution in [2.24, 2.45) is 10.9 Å². The molecule has 0 saturated carbocycles. The number of nitriles is 1. The first-order valence-electron chi connectivity index (χ1n) is 5.67. The predicted octanol–water partition coefficient (Wildman–Crippen LogP) is 3.10. The van der Waals surface area contributed by atoms with Gasteiger partial charge in [-0.1, -0.05) is 25.6 Å². The average Bonchev–Trinajstić information content (AvgIpc) is 2.79. The Balaban J connectivity index is 2.02. The van der Waals surface area contributed by atoms with Gasteiger partial charge < -0.3 is 5.32 Å². The monoisotopic (exact) mass is 245 g/mol. The molecule has 1 aliphatic heterocycles. The van der Waals surface area contributed by atoms with Crippen LogP contribution in [-0.2, 0) is 0 Å². The number of anilines is 1. The first kappa shape index (κ1) is 12.0. The van der Waals surface area contributed by atoms with E-state index in [2.05, 4.69) is 30.2 Å². The van der Waals surface area contributed by atoms with Gasteiger partial charge in [-0.25, -0.2) is 0 Å². The number of rotatable bonds is 2. The van der Waals surface area contributed by atoms with Gasteiger partial charge in [0.25, 0.3) is 0 Å². The Morgan fingerprint density at radius 3 is 2.65 bits per heavy atom. The fourth-order valence-corrected chi connectivity index (χ4v) is 2.74. The highest BCUT2D eigenvalue weighted by atomic mass is 32.2. The molecule has 3 nitrogen and oxygen atoms in total. The van der Waals surface area contributed by atoms with E-state index in [1.807, 2.05) is 24.3 Å². The molecule has 0 aromatic heterocycles. The van der Waals surface area contributed by atoms with Gasteiger partial charge >= 0.3 is 0 Å². The van der Waals surface area contributed by atoms with Crippen molar-refractivity contribution in [2.75, 3.05) is 11.1 Å². The van der Waals surface area contributed by atoms with Gasteiger partial charge in [0.1, 0.15) is 0 Å². The van der Waals surface area contributed by atoms with Crippen LogP contribution in [0.2, 0.25) is 0 Å². The van der Waals surface area contributed by atoms with E-state index in [0.717, 1.165) is 16.6 Å². The van der Waals surface area contributed by atoms with Crippen LogP contribution in [0.25, 0.3) is 0 Å². The van der Waals surface area contributed by atoms with Crippen molar-refractivity contribution in [1.82, 2.24) is 0 Å². The molecule has 88 valence electrons. The fraction of sp³-hybridized carbons (Fsp3) is 0.385. The lowest BCUT2D eigenvalue weighted by atomic mass is 10.1. The van der Waals surface area contributed by atoms with Crippen molar-refractivity contribution in [3.63, 3.8) is 0 Å². The fourth-order valence-electron chi connectivity index (χ4n) is 1.55. The van der Waals surface area contributed by atoms with Crippen LogP contribution >= 0.6 is 11.8 Å². The normalized spacial score (nSPS) is 18.9. The lowest BCUT2D eigenvalue weighted by Crippen LogP contribution is -2.12. The molecule has 0 saturated heterocycles. The molecule has 0 amide bonds. The van der Waals surface area contributed by atoms with Crippen LogP contribution in [0.5, 0.6) is 0 Å². The van der Waals surface area contributed by atoms with E-state index < -0.39 is 0 Å². The molecule has 0 fully saturated rings. The Morgan fingerprint density at radius 2 is 2.12 bits per heavy atom. The molecule has 17 heavy (non-hydrogen) atoms. The van der Waals surface area contributed by atoms with E-state index in [1.165, 1.54) is 0 Å². The average molecular weight is 245 g/mol. The van der Waals surface area contributed by atoms with E-state index in [9.17, 15) is 0 Å². The summed E-state index contributed by atoms with van der Waals surface area (Å²) in [6.45, 7) is 4.39. The standard InChI is InChI=1S/C13H15N3S/c1-9(2)12-8-17-13(16-12)15-11-5-3-10(7-14)4-6-11/h3-6,9,12H,8H2,1-2H3,(H,15,16). The largest absolute Gasteiger partial charge is 0.335 e. The van der Waals surface area contributed by atoms with E-state index in [-0.39, 0.29) is 0 Å². The van der Waals surface area contributed by atoms with Gasteiger partial charge in [0, 0.05) is 11.4 Å². The van der Waals surface area contributed by atoms with Gasteiger partial charge in [-0.15, -0.1) is 0 Å². The summed E-state index contributed by atoms with van der Waals surface area (Å²) in [5.74, 6) is 1.64. The molecule has 1 aromatic carbocycles. The minimum absolute atomic E-state index is 0.417. The summed E-state index contributed by atoms with van der Waals surface area (Å²) in [4.78, 5) is 4.63. The first-order chi connectivity index (χ1) is 8.19. The summed E-state index contributed by atoms with van der Waals surface area (Å²) in [6.07, 6.45) is 0. The van der Waals surface area contributed by atoms with Crippen molar-refractivity contribution in [3.8, 4) is 6.07 Å². The molecule has 1 atom stereocenters. The summed E-state index contributed by atoms with van der Waals surface area (Å²) in [5, 5.41) is 13.0. The quantitative estimate of drug-likeness (QED) is 0.871. The molecule has 1 N–H and O–H groups in total. The molecular formula is C13H15N3S. The van der Waals surface area contributed by atoms with Gasteiger partial charge in [0.2, 0.25) is 0 Å². The Morgan fingerprint density at radius 1 is 1.41 bits per heavy atom. The Kier molecular flexibility index (Phi) is 3.70. The van der Waals surface area contributed by atoms with Crippen molar-refractivity contribution in [2.45, 2.75) is 19.9 Å². The Labute approximate surface area is 106 Å². The highest BCUT2D eigenvalue weighted by Crippen LogP contribution is 2.24. The molecule has 1 aromatic rings. The number of aliphatic imine (C=N–C) groups is 1. The maximum Gasteiger partial charge on any atom is 0.161 e. The maximum absolute atomic E-state index is 8.71. The van der Waals surface area contributed by atoms with Crippen molar-refractivity contribution < 1.29 is 0 Å². The van der Waals surface area contributed by atoms with Crippen LogP contribution in [0, 0.1) is 17.2 Å². The third-order valence-electron chi connectivity index (χ3n) is 2.71. The highest BCUT2D eigenvalue weighted by molar-refractivity contribution is 8.14. The lowest BCUT2D eigenvalue weighted by molar-refractivity contribution is 0.543. The molecule has 2 rings (SSSR count). The number of nitrogens with zero attached hydrogens (tertiary/aromatic N) is 2. The van der Waals surface area contributed by atoms with Crippen molar-refractivity contribution >= 4 is 22.6 Å². The van der Waals surface area contributed by atoms with Gasteiger partial charge in [0.15, 0.2) is 5.17 Å². The van der Waals surface area contributed by atoms with Gasteiger partial charge in [-0.2, -0.15) is 5.26 Å². The number of benzene rings is 1. The van der Waals surface area contributed by atoms with Gasteiger partial charge in [-0.05, 0) is 30.2 Å². The minimum atomic E-state index is 0.417. The van der Waals surface area contributed by atoms with E-state index >= 15 is 0 Å². The van der Waals surface area contributed by atoms with Crippen molar-refractivity contribution in [1.29, 1.82) is 5.26 Å². The number of hydrogen-bond donors (Lipinski definition) is 1. The van der Waals surface area contributed by atoms with Crippen LogP contribution in [0.1, 0.15) is 19.4 Å². The molecule has 1 aliphatic rings. The van der Waals surface area contributed by atoms with E-state index in [4.69, 9.17) is 5.26 Å². The summed E-state index contributed by atoms with van der Waals surface area (Å²) < 4.78 is 0. The third-order valence-corrected chi connectivity index (χ3v) is 3.70. The first-order valence-corrected chi connectivity index (χ1v) is 6.65. The maximum atomic E-state index is 8.71. The molecule has 0 radical (unpaired) electrons. The number of amidine groups is 1. The highest BCUT2D eigenvalue weighted by Gasteiger charge is 2.20. The minimum Gasteiger partial charge on any atom is -0.335 e. The van der Waals surface area contributed by atoms with Crippen LogP contribution in [0.15, 0.2) is 29.3 Å². The summed E-state index contributed by atoms with van der Waals surface area (Å²) >= 11 is 1.76. The second-order valence-electron chi connectivity index (χ2n) is 4.37. The molecule has 1 unspecified atom stereocenters. The van der Waals surface area contributed by atoms with E-state index in [1.54, 1.807) is 11.8 Å².